The zero-order valence-electron chi connectivity index (χ0n) is 15.7. The van der Waals surface area contributed by atoms with Gasteiger partial charge in [-0.15, -0.1) is 0 Å². The van der Waals surface area contributed by atoms with E-state index >= 15 is 0 Å². The molecule has 0 N–H and O–H groups in total. The predicted molar refractivity (Wildman–Crippen MR) is 106 cm³/mol. The molecule has 0 unspecified atom stereocenters. The minimum atomic E-state index is 0.293. The number of aromatic nitrogens is 2. The summed E-state index contributed by atoms with van der Waals surface area (Å²) in [6, 6.07) is 18.2. The second-order valence-corrected chi connectivity index (χ2v) is 7.53. The van der Waals surface area contributed by atoms with E-state index in [1.54, 1.807) is 0 Å². The average Bonchev–Trinajstić information content (AvgIpc) is 3.04. The highest BCUT2D eigenvalue weighted by Crippen LogP contribution is 2.33. The summed E-state index contributed by atoms with van der Waals surface area (Å²) in [5.41, 5.74) is 5.50. The van der Waals surface area contributed by atoms with Gasteiger partial charge in [-0.1, -0.05) is 38.1 Å². The number of benzene rings is 1. The molecule has 0 fully saturated rings. The molecule has 1 aromatic carbocycles. The van der Waals surface area contributed by atoms with Gasteiger partial charge in [0.2, 0.25) is 0 Å². The zero-order chi connectivity index (χ0) is 17.9. The Morgan fingerprint density at radius 2 is 1.77 bits per heavy atom. The SMILES string of the molecule is CC(C)c1ccc([C@@H]2c3cccn3CCCN2Cc2ccncc2)cc1. The maximum atomic E-state index is 4.17. The van der Waals surface area contributed by atoms with Crippen molar-refractivity contribution < 1.29 is 0 Å². The number of fused-ring (bicyclic) bond motifs is 1. The molecule has 1 aliphatic heterocycles. The first-order chi connectivity index (χ1) is 12.7. The third kappa shape index (κ3) is 3.45. The summed E-state index contributed by atoms with van der Waals surface area (Å²) < 4.78 is 2.42. The minimum absolute atomic E-state index is 0.293. The van der Waals surface area contributed by atoms with Crippen LogP contribution in [0.25, 0.3) is 0 Å². The number of aryl methyl sites for hydroxylation is 1. The van der Waals surface area contributed by atoms with E-state index in [0.717, 1.165) is 19.6 Å². The van der Waals surface area contributed by atoms with E-state index in [1.807, 2.05) is 12.4 Å². The van der Waals surface area contributed by atoms with Crippen LogP contribution in [-0.4, -0.2) is 21.0 Å². The largest absolute Gasteiger partial charge is 0.350 e. The highest BCUT2D eigenvalue weighted by Gasteiger charge is 2.27. The second-order valence-electron chi connectivity index (χ2n) is 7.53. The van der Waals surface area contributed by atoms with E-state index in [9.17, 15) is 0 Å². The van der Waals surface area contributed by atoms with Crippen molar-refractivity contribution in [1.82, 2.24) is 14.5 Å². The van der Waals surface area contributed by atoms with Gasteiger partial charge in [0.05, 0.1) is 6.04 Å². The van der Waals surface area contributed by atoms with Gasteiger partial charge in [0.25, 0.3) is 0 Å². The van der Waals surface area contributed by atoms with Gasteiger partial charge in [-0.25, -0.2) is 0 Å². The molecule has 0 bridgehead atoms. The highest BCUT2D eigenvalue weighted by atomic mass is 15.2. The van der Waals surface area contributed by atoms with Crippen LogP contribution in [0.15, 0.2) is 67.1 Å². The lowest BCUT2D eigenvalue weighted by Gasteiger charge is -2.31. The Morgan fingerprint density at radius 1 is 1.00 bits per heavy atom. The summed E-state index contributed by atoms with van der Waals surface area (Å²) in [6.45, 7) is 7.64. The average molecular weight is 345 g/mol. The smallest absolute Gasteiger partial charge is 0.0759 e. The van der Waals surface area contributed by atoms with Crippen LogP contribution in [0.5, 0.6) is 0 Å². The Bertz CT molecular complexity index is 833. The van der Waals surface area contributed by atoms with Gasteiger partial charge >= 0.3 is 0 Å². The first-order valence-electron chi connectivity index (χ1n) is 9.60. The molecule has 0 amide bonds. The zero-order valence-corrected chi connectivity index (χ0v) is 15.7. The van der Waals surface area contributed by atoms with Gasteiger partial charge in [-0.05, 0) is 53.3 Å². The van der Waals surface area contributed by atoms with Crippen LogP contribution < -0.4 is 0 Å². The maximum Gasteiger partial charge on any atom is 0.0759 e. The first kappa shape index (κ1) is 17.0. The van der Waals surface area contributed by atoms with Crippen LogP contribution in [0.2, 0.25) is 0 Å². The van der Waals surface area contributed by atoms with Crippen LogP contribution in [0.3, 0.4) is 0 Å². The van der Waals surface area contributed by atoms with Crippen molar-refractivity contribution in [2.45, 2.75) is 45.3 Å². The molecule has 134 valence electrons. The van der Waals surface area contributed by atoms with Crippen molar-refractivity contribution in [1.29, 1.82) is 0 Å². The van der Waals surface area contributed by atoms with Gasteiger partial charge in [0, 0.05) is 43.9 Å². The normalized spacial score (nSPS) is 17.9. The van der Waals surface area contributed by atoms with Crippen molar-refractivity contribution in [2.24, 2.45) is 0 Å². The van der Waals surface area contributed by atoms with Crippen molar-refractivity contribution in [3.05, 3.63) is 89.5 Å². The standard InChI is InChI=1S/C23H27N3/c1-18(2)20-6-8-21(9-7-20)23-22-5-3-14-25(22)15-4-16-26(23)17-19-10-12-24-13-11-19/h3,5-14,18,23H,4,15-17H2,1-2H3/t23-/m1/s1. The van der Waals surface area contributed by atoms with Crippen LogP contribution in [0.4, 0.5) is 0 Å². The number of pyridine rings is 1. The molecular formula is C23H27N3. The van der Waals surface area contributed by atoms with E-state index in [4.69, 9.17) is 0 Å². The fraction of sp³-hybridized carbons (Fsp3) is 0.348. The molecule has 2 aromatic heterocycles. The molecule has 3 aromatic rings. The van der Waals surface area contributed by atoms with Crippen LogP contribution in [0, 0.1) is 0 Å². The predicted octanol–water partition coefficient (Wildman–Crippen LogP) is 5.00. The van der Waals surface area contributed by atoms with Crippen molar-refractivity contribution >= 4 is 0 Å². The Labute approximate surface area is 156 Å². The van der Waals surface area contributed by atoms with Gasteiger partial charge < -0.3 is 4.57 Å². The minimum Gasteiger partial charge on any atom is -0.350 e. The Kier molecular flexibility index (Phi) is 4.89. The fourth-order valence-electron chi connectivity index (χ4n) is 3.98. The lowest BCUT2D eigenvalue weighted by atomic mass is 9.96. The maximum absolute atomic E-state index is 4.17. The topological polar surface area (TPSA) is 21.1 Å². The van der Waals surface area contributed by atoms with Gasteiger partial charge in [0.15, 0.2) is 0 Å². The lowest BCUT2D eigenvalue weighted by molar-refractivity contribution is 0.220. The fourth-order valence-corrected chi connectivity index (χ4v) is 3.98. The van der Waals surface area contributed by atoms with E-state index in [1.165, 1.54) is 28.8 Å². The summed E-state index contributed by atoms with van der Waals surface area (Å²) in [4.78, 5) is 6.78. The Morgan fingerprint density at radius 3 is 2.50 bits per heavy atom. The molecule has 0 saturated carbocycles. The van der Waals surface area contributed by atoms with E-state index in [-0.39, 0.29) is 0 Å². The summed E-state index contributed by atoms with van der Waals surface area (Å²) >= 11 is 0. The highest BCUT2D eigenvalue weighted by molar-refractivity contribution is 5.33. The molecule has 0 saturated heterocycles. The summed E-state index contributed by atoms with van der Waals surface area (Å²) in [7, 11) is 0. The van der Waals surface area contributed by atoms with Crippen molar-refractivity contribution in [3.8, 4) is 0 Å². The summed E-state index contributed by atoms with van der Waals surface area (Å²) in [5, 5.41) is 0. The Balaban J connectivity index is 1.72. The molecule has 0 spiro atoms. The molecule has 26 heavy (non-hydrogen) atoms. The Hall–Kier alpha value is -2.39. The van der Waals surface area contributed by atoms with E-state index in [0.29, 0.717) is 12.0 Å². The third-order valence-corrected chi connectivity index (χ3v) is 5.41. The molecule has 0 radical (unpaired) electrons. The molecule has 0 aliphatic carbocycles. The van der Waals surface area contributed by atoms with Gasteiger partial charge in [0.1, 0.15) is 0 Å². The number of rotatable bonds is 4. The van der Waals surface area contributed by atoms with Crippen molar-refractivity contribution in [3.63, 3.8) is 0 Å². The summed E-state index contributed by atoms with van der Waals surface area (Å²) in [6.07, 6.45) is 7.18. The quantitative estimate of drug-likeness (QED) is 0.663. The second kappa shape index (κ2) is 7.46. The first-order valence-corrected chi connectivity index (χ1v) is 9.60. The molecule has 4 rings (SSSR count). The molecular weight excluding hydrogens is 318 g/mol. The lowest BCUT2D eigenvalue weighted by Crippen LogP contribution is -2.29. The van der Waals surface area contributed by atoms with Crippen LogP contribution in [-0.2, 0) is 13.1 Å². The van der Waals surface area contributed by atoms with Crippen molar-refractivity contribution in [2.75, 3.05) is 6.54 Å². The molecule has 3 heterocycles. The molecule has 3 nitrogen and oxygen atoms in total. The number of hydrogen-bond acceptors (Lipinski definition) is 2. The van der Waals surface area contributed by atoms with E-state index in [2.05, 4.69) is 83.0 Å². The van der Waals surface area contributed by atoms with Crippen LogP contribution in [0.1, 0.15) is 54.6 Å². The van der Waals surface area contributed by atoms with Gasteiger partial charge in [-0.3, -0.25) is 9.88 Å². The van der Waals surface area contributed by atoms with E-state index < -0.39 is 0 Å². The van der Waals surface area contributed by atoms with Gasteiger partial charge in [-0.2, -0.15) is 0 Å². The third-order valence-electron chi connectivity index (χ3n) is 5.41. The molecule has 1 atom stereocenters. The number of nitrogens with zero attached hydrogens (tertiary/aromatic N) is 3. The molecule has 3 heteroatoms. The summed E-state index contributed by atoms with van der Waals surface area (Å²) in [5.74, 6) is 0.565. The van der Waals surface area contributed by atoms with Crippen LogP contribution >= 0.6 is 0 Å². The molecule has 1 aliphatic rings. The monoisotopic (exact) mass is 345 g/mol. The number of hydrogen-bond donors (Lipinski definition) is 0.